The van der Waals surface area contributed by atoms with Crippen molar-refractivity contribution in [3.8, 4) is 0 Å². The van der Waals surface area contributed by atoms with Crippen molar-refractivity contribution in [2.24, 2.45) is 0 Å². The van der Waals surface area contributed by atoms with Gasteiger partial charge in [-0.05, 0) is 27.7 Å². The molecule has 0 saturated heterocycles. The Bertz CT molecular complexity index is 906. The van der Waals surface area contributed by atoms with Crippen LogP contribution in [0.15, 0.2) is 97.1 Å². The molecule has 2 heteroatoms. The summed E-state index contributed by atoms with van der Waals surface area (Å²) in [4.78, 5) is 0. The van der Waals surface area contributed by atoms with E-state index in [0.29, 0.717) is 0 Å². The fraction of sp³-hybridized carbons (Fsp3) is 0.143. The first-order chi connectivity index (χ1) is 14.0. The van der Waals surface area contributed by atoms with E-state index in [1.165, 1.54) is 44.1 Å². The maximum Gasteiger partial charge on any atom is 0.108 e. The third-order valence-corrected chi connectivity index (χ3v) is 6.31. The van der Waals surface area contributed by atoms with E-state index in [2.05, 4.69) is 125 Å². The van der Waals surface area contributed by atoms with Crippen LogP contribution in [0.4, 0.5) is 0 Å². The smallest absolute Gasteiger partial charge is 0.108 e. The number of aryl methyl sites for hydroxylation is 4. The Morgan fingerprint density at radius 3 is 0.667 bits per heavy atom. The van der Waals surface area contributed by atoms with Gasteiger partial charge in [-0.25, -0.2) is 0 Å². The number of hydrogen-bond donors (Lipinski definition) is 0. The Hall–Kier alpha value is -3.10. The molecule has 3 N–H and O–H groups in total. The maximum absolute atomic E-state index is 2.31. The zero-order valence-electron chi connectivity index (χ0n) is 18.4. The fourth-order valence-electron chi connectivity index (χ4n) is 4.58. The minimum Gasteiger partial charge on any atom is -0.457 e. The summed E-state index contributed by atoms with van der Waals surface area (Å²) in [5.41, 5.74) is 10.6. The van der Waals surface area contributed by atoms with Gasteiger partial charge in [-0.2, -0.15) is 21.9 Å². The molecule has 30 heavy (non-hydrogen) atoms. The SMILES string of the molecule is Cc1ccc([B-](c2ccc(C)cc2)(c2ccc(C)cc2)c2ccc(C)cc2)cc1.[OH3+]. The van der Waals surface area contributed by atoms with Gasteiger partial charge in [-0.3, -0.25) is 0 Å². The van der Waals surface area contributed by atoms with Crippen LogP contribution in [-0.4, -0.2) is 6.15 Å². The van der Waals surface area contributed by atoms with Gasteiger partial charge < -0.3 is 5.48 Å². The normalized spacial score (nSPS) is 11.1. The summed E-state index contributed by atoms with van der Waals surface area (Å²) in [6.45, 7) is 8.62. The van der Waals surface area contributed by atoms with Gasteiger partial charge in [-0.15, -0.1) is 0 Å². The molecule has 4 aromatic carbocycles. The van der Waals surface area contributed by atoms with E-state index in [1.807, 2.05) is 0 Å². The van der Waals surface area contributed by atoms with Crippen LogP contribution >= 0.6 is 0 Å². The van der Waals surface area contributed by atoms with Gasteiger partial charge in [0, 0.05) is 0 Å². The van der Waals surface area contributed by atoms with Crippen molar-refractivity contribution < 1.29 is 5.48 Å². The summed E-state index contributed by atoms with van der Waals surface area (Å²) in [5.74, 6) is 0. The van der Waals surface area contributed by atoms with Crippen molar-refractivity contribution in [1.29, 1.82) is 0 Å². The quantitative estimate of drug-likeness (QED) is 0.376. The molecule has 0 heterocycles. The van der Waals surface area contributed by atoms with Gasteiger partial charge in [0.25, 0.3) is 0 Å². The zero-order chi connectivity index (χ0) is 20.4. The molecule has 0 aliphatic carbocycles. The summed E-state index contributed by atoms with van der Waals surface area (Å²) < 4.78 is 0. The zero-order valence-corrected chi connectivity index (χ0v) is 18.4. The molecule has 0 bridgehead atoms. The molecule has 0 radical (unpaired) electrons. The van der Waals surface area contributed by atoms with Gasteiger partial charge >= 0.3 is 0 Å². The van der Waals surface area contributed by atoms with Crippen LogP contribution in [0, 0.1) is 27.7 Å². The minimum atomic E-state index is -1.27. The molecule has 0 aliphatic heterocycles. The third kappa shape index (κ3) is 3.84. The van der Waals surface area contributed by atoms with Crippen molar-refractivity contribution in [2.75, 3.05) is 0 Å². The number of rotatable bonds is 4. The Morgan fingerprint density at radius 1 is 0.333 bits per heavy atom. The first kappa shape index (κ1) is 21.6. The van der Waals surface area contributed by atoms with E-state index >= 15 is 0 Å². The standard InChI is InChI=1S/C28H28B.H2O/c1-21-5-13-25(14-6-21)29(26-15-7-22(2)8-16-26,27-17-9-23(3)10-18-27)28-19-11-24(4)12-20-28;/h5-20H,1-4H3;1H2/q-1;/p+1. The highest BCUT2D eigenvalue weighted by Crippen LogP contribution is 2.12. The molecule has 0 atom stereocenters. The fourth-order valence-corrected chi connectivity index (χ4v) is 4.58. The highest BCUT2D eigenvalue weighted by molar-refractivity contribution is 7.19. The largest absolute Gasteiger partial charge is 0.457 e. The second-order valence-electron chi connectivity index (χ2n) is 8.51. The maximum atomic E-state index is 2.31. The van der Waals surface area contributed by atoms with Crippen LogP contribution in [0.2, 0.25) is 0 Å². The van der Waals surface area contributed by atoms with E-state index in [9.17, 15) is 0 Å². The first-order valence-corrected chi connectivity index (χ1v) is 10.4. The summed E-state index contributed by atoms with van der Waals surface area (Å²) in [6, 6.07) is 36.4. The van der Waals surface area contributed by atoms with Gasteiger partial charge in [0.15, 0.2) is 0 Å². The molecule has 4 aromatic rings. The van der Waals surface area contributed by atoms with Crippen molar-refractivity contribution in [1.82, 2.24) is 0 Å². The lowest BCUT2D eigenvalue weighted by Gasteiger charge is -2.44. The van der Waals surface area contributed by atoms with Gasteiger partial charge in [0.2, 0.25) is 0 Å². The summed E-state index contributed by atoms with van der Waals surface area (Å²) >= 11 is 0. The van der Waals surface area contributed by atoms with Crippen LogP contribution in [0.25, 0.3) is 0 Å². The summed E-state index contributed by atoms with van der Waals surface area (Å²) in [6.07, 6.45) is -1.27. The highest BCUT2D eigenvalue weighted by atomic mass is 16.0. The Morgan fingerprint density at radius 2 is 0.500 bits per heavy atom. The Balaban J connectivity index is 0.00000256. The molecule has 0 aliphatic rings. The molecule has 0 unspecified atom stereocenters. The molecular formula is C28H31BO. The molecule has 1 nitrogen and oxygen atoms in total. The molecule has 4 rings (SSSR count). The van der Waals surface area contributed by atoms with Crippen LogP contribution in [-0.2, 0) is 5.48 Å². The molecule has 0 fully saturated rings. The highest BCUT2D eigenvalue weighted by Gasteiger charge is 2.31. The third-order valence-electron chi connectivity index (χ3n) is 6.31. The van der Waals surface area contributed by atoms with Crippen molar-refractivity contribution in [3.05, 3.63) is 119 Å². The lowest BCUT2D eigenvalue weighted by molar-refractivity contribution is 0.686. The van der Waals surface area contributed by atoms with Crippen LogP contribution in [0.1, 0.15) is 22.3 Å². The van der Waals surface area contributed by atoms with Crippen molar-refractivity contribution in [3.63, 3.8) is 0 Å². The van der Waals surface area contributed by atoms with Gasteiger partial charge in [-0.1, -0.05) is 119 Å². The van der Waals surface area contributed by atoms with Crippen LogP contribution in [0.3, 0.4) is 0 Å². The molecule has 0 aromatic heterocycles. The van der Waals surface area contributed by atoms with E-state index < -0.39 is 6.15 Å². The first-order valence-electron chi connectivity index (χ1n) is 10.4. The van der Waals surface area contributed by atoms with E-state index in [0.717, 1.165) is 0 Å². The minimum absolute atomic E-state index is 0. The molecule has 0 saturated carbocycles. The molecule has 152 valence electrons. The average Bonchev–Trinajstić information content (AvgIpc) is 2.73. The summed E-state index contributed by atoms with van der Waals surface area (Å²) in [7, 11) is 0. The summed E-state index contributed by atoms with van der Waals surface area (Å²) in [5, 5.41) is 0. The van der Waals surface area contributed by atoms with Crippen LogP contribution < -0.4 is 21.9 Å². The average molecular weight is 394 g/mol. The lowest BCUT2D eigenvalue weighted by atomic mass is 9.13. The Labute approximate surface area is 180 Å². The topological polar surface area (TPSA) is 33.0 Å². The second kappa shape index (κ2) is 8.73. The monoisotopic (exact) mass is 394 g/mol. The second-order valence-corrected chi connectivity index (χ2v) is 8.51. The van der Waals surface area contributed by atoms with Gasteiger partial charge in [0.1, 0.15) is 6.15 Å². The van der Waals surface area contributed by atoms with Gasteiger partial charge in [0.05, 0.1) is 0 Å². The molecule has 0 spiro atoms. The lowest BCUT2D eigenvalue weighted by Crippen LogP contribution is -2.74. The van der Waals surface area contributed by atoms with E-state index in [-0.39, 0.29) is 5.48 Å². The number of benzene rings is 4. The van der Waals surface area contributed by atoms with Crippen molar-refractivity contribution in [2.45, 2.75) is 27.7 Å². The predicted octanol–water partition coefficient (Wildman–Crippen LogP) is 3.38. The predicted molar refractivity (Wildman–Crippen MR) is 134 cm³/mol. The number of hydrogen-bond acceptors (Lipinski definition) is 0. The van der Waals surface area contributed by atoms with Crippen molar-refractivity contribution >= 4 is 28.0 Å². The van der Waals surface area contributed by atoms with Crippen LogP contribution in [0.5, 0.6) is 0 Å². The van der Waals surface area contributed by atoms with E-state index in [4.69, 9.17) is 0 Å². The van der Waals surface area contributed by atoms with E-state index in [1.54, 1.807) is 0 Å². The molecule has 0 amide bonds. The Kier molecular flexibility index (Phi) is 6.29. The molecular weight excluding hydrogens is 363 g/mol.